The van der Waals surface area contributed by atoms with Crippen LogP contribution in [-0.4, -0.2) is 42.4 Å². The molecule has 1 aliphatic rings. The highest BCUT2D eigenvalue weighted by atomic mass is 16.2. The molecule has 5 nitrogen and oxygen atoms in total. The molecule has 1 unspecified atom stereocenters. The van der Waals surface area contributed by atoms with Gasteiger partial charge in [-0.3, -0.25) is 4.79 Å². The maximum atomic E-state index is 11.0. The number of nitrogens with two attached hydrogens (primary N) is 1. The number of rotatable bonds is 1. The Hall–Kier alpha value is -1.10. The van der Waals surface area contributed by atoms with Crippen LogP contribution in [0.15, 0.2) is 0 Å². The number of urea groups is 1. The molecule has 1 fully saturated rings. The lowest BCUT2D eigenvalue weighted by Crippen LogP contribution is -2.57. The van der Waals surface area contributed by atoms with E-state index in [2.05, 4.69) is 5.32 Å². The summed E-state index contributed by atoms with van der Waals surface area (Å²) in [7, 11) is 0. The van der Waals surface area contributed by atoms with Crippen LogP contribution in [0.1, 0.15) is 6.92 Å². The van der Waals surface area contributed by atoms with Crippen LogP contribution >= 0.6 is 0 Å². The first-order chi connectivity index (χ1) is 5.63. The zero-order valence-corrected chi connectivity index (χ0v) is 7.04. The van der Waals surface area contributed by atoms with Gasteiger partial charge in [0.1, 0.15) is 6.04 Å². The number of nitrogens with one attached hydrogen (secondary N) is 1. The summed E-state index contributed by atoms with van der Waals surface area (Å²) in [6.07, 6.45) is 0. The maximum absolute atomic E-state index is 11.0. The molecule has 2 amide bonds. The van der Waals surface area contributed by atoms with Gasteiger partial charge in [0, 0.05) is 19.6 Å². The first kappa shape index (κ1) is 8.99. The van der Waals surface area contributed by atoms with Gasteiger partial charge in [-0.15, -0.1) is 0 Å². The summed E-state index contributed by atoms with van der Waals surface area (Å²) >= 11 is 0. The summed E-state index contributed by atoms with van der Waals surface area (Å²) in [6.45, 7) is 3.19. The Morgan fingerprint density at radius 1 is 1.58 bits per heavy atom. The smallest absolute Gasteiger partial charge is 0.315 e. The molecule has 0 saturated carbocycles. The van der Waals surface area contributed by atoms with Gasteiger partial charge in [0.25, 0.3) is 0 Å². The molecule has 1 aliphatic heterocycles. The number of primary amides is 1. The topological polar surface area (TPSA) is 75.4 Å². The number of amides is 2. The third kappa shape index (κ3) is 1.73. The van der Waals surface area contributed by atoms with Crippen LogP contribution < -0.4 is 11.1 Å². The fourth-order valence-electron chi connectivity index (χ4n) is 1.33. The molecule has 0 spiro atoms. The number of Topliss-reactive ketones (excluding diaryl/α,β-unsaturated/α-hetero) is 1. The van der Waals surface area contributed by atoms with Crippen molar-refractivity contribution in [3.63, 3.8) is 0 Å². The van der Waals surface area contributed by atoms with Crippen LogP contribution in [-0.2, 0) is 4.79 Å². The van der Waals surface area contributed by atoms with Gasteiger partial charge >= 0.3 is 6.03 Å². The molecule has 0 radical (unpaired) electrons. The van der Waals surface area contributed by atoms with Gasteiger partial charge in [-0.25, -0.2) is 4.79 Å². The molecular formula is C7H13N3O2. The van der Waals surface area contributed by atoms with Crippen molar-refractivity contribution in [1.82, 2.24) is 10.2 Å². The van der Waals surface area contributed by atoms with E-state index < -0.39 is 6.03 Å². The first-order valence-corrected chi connectivity index (χ1v) is 3.90. The minimum atomic E-state index is -0.517. The van der Waals surface area contributed by atoms with E-state index in [-0.39, 0.29) is 11.8 Å². The van der Waals surface area contributed by atoms with Gasteiger partial charge in [-0.05, 0) is 6.92 Å². The minimum absolute atomic E-state index is 0.0269. The Kier molecular flexibility index (Phi) is 2.65. The Morgan fingerprint density at radius 2 is 2.25 bits per heavy atom. The van der Waals surface area contributed by atoms with E-state index in [9.17, 15) is 9.59 Å². The zero-order chi connectivity index (χ0) is 9.14. The molecule has 0 aromatic heterocycles. The van der Waals surface area contributed by atoms with E-state index in [1.165, 1.54) is 11.8 Å². The quantitative estimate of drug-likeness (QED) is 0.527. The highest BCUT2D eigenvalue weighted by Gasteiger charge is 2.27. The zero-order valence-electron chi connectivity index (χ0n) is 7.04. The standard InChI is InChI=1S/C7H13N3O2/c1-5(11)6-4-9-2-3-10(6)7(8)12/h6,9H,2-4H2,1H3,(H2,8,12). The molecule has 5 heteroatoms. The predicted molar refractivity (Wildman–Crippen MR) is 43.6 cm³/mol. The summed E-state index contributed by atoms with van der Waals surface area (Å²) in [4.78, 5) is 23.3. The number of nitrogens with zero attached hydrogens (tertiary/aromatic N) is 1. The van der Waals surface area contributed by atoms with Gasteiger partial charge in [0.15, 0.2) is 5.78 Å². The van der Waals surface area contributed by atoms with E-state index in [0.29, 0.717) is 19.6 Å². The van der Waals surface area contributed by atoms with Crippen molar-refractivity contribution in [3.8, 4) is 0 Å². The highest BCUT2D eigenvalue weighted by molar-refractivity contribution is 5.86. The van der Waals surface area contributed by atoms with Crippen molar-refractivity contribution in [2.75, 3.05) is 19.6 Å². The van der Waals surface area contributed by atoms with Crippen molar-refractivity contribution < 1.29 is 9.59 Å². The third-order valence-corrected chi connectivity index (χ3v) is 2.00. The highest BCUT2D eigenvalue weighted by Crippen LogP contribution is 2.03. The molecule has 3 N–H and O–H groups in total. The molecule has 0 aliphatic carbocycles. The Morgan fingerprint density at radius 3 is 2.67 bits per heavy atom. The second-order valence-electron chi connectivity index (χ2n) is 2.86. The monoisotopic (exact) mass is 171 g/mol. The van der Waals surface area contributed by atoms with E-state index in [4.69, 9.17) is 5.73 Å². The molecule has 68 valence electrons. The Balaban J connectivity index is 2.67. The van der Waals surface area contributed by atoms with Crippen LogP contribution in [0.5, 0.6) is 0 Å². The maximum Gasteiger partial charge on any atom is 0.315 e. The molecule has 1 saturated heterocycles. The number of carbonyl (C=O) groups is 2. The lowest BCUT2D eigenvalue weighted by atomic mass is 10.1. The molecule has 0 aromatic carbocycles. The van der Waals surface area contributed by atoms with Gasteiger partial charge in [0.05, 0.1) is 0 Å². The number of ketones is 1. The van der Waals surface area contributed by atoms with Crippen LogP contribution in [0.2, 0.25) is 0 Å². The fraction of sp³-hybridized carbons (Fsp3) is 0.714. The number of piperazine rings is 1. The Bertz CT molecular complexity index is 183. The van der Waals surface area contributed by atoms with Crippen molar-refractivity contribution >= 4 is 11.8 Å². The van der Waals surface area contributed by atoms with E-state index in [1.54, 1.807) is 0 Å². The number of hydrogen-bond acceptors (Lipinski definition) is 3. The molecular weight excluding hydrogens is 158 g/mol. The fourth-order valence-corrected chi connectivity index (χ4v) is 1.33. The summed E-state index contributed by atoms with van der Waals surface area (Å²) in [5.41, 5.74) is 5.10. The molecule has 1 atom stereocenters. The van der Waals surface area contributed by atoms with E-state index >= 15 is 0 Å². The molecule has 1 heterocycles. The second kappa shape index (κ2) is 3.53. The van der Waals surface area contributed by atoms with Gasteiger partial charge in [-0.1, -0.05) is 0 Å². The summed E-state index contributed by atoms with van der Waals surface area (Å²) in [6, 6.07) is -0.895. The molecule has 12 heavy (non-hydrogen) atoms. The van der Waals surface area contributed by atoms with Crippen molar-refractivity contribution in [2.24, 2.45) is 5.73 Å². The van der Waals surface area contributed by atoms with Crippen LogP contribution in [0.25, 0.3) is 0 Å². The van der Waals surface area contributed by atoms with Crippen LogP contribution in [0.3, 0.4) is 0 Å². The average Bonchev–Trinajstić information content (AvgIpc) is 2.04. The van der Waals surface area contributed by atoms with Crippen molar-refractivity contribution in [1.29, 1.82) is 0 Å². The van der Waals surface area contributed by atoms with Crippen molar-refractivity contribution in [2.45, 2.75) is 13.0 Å². The predicted octanol–water partition coefficient (Wildman–Crippen LogP) is -1.07. The average molecular weight is 171 g/mol. The summed E-state index contributed by atoms with van der Waals surface area (Å²) < 4.78 is 0. The number of carbonyl (C=O) groups excluding carboxylic acids is 2. The van der Waals surface area contributed by atoms with E-state index in [0.717, 1.165) is 0 Å². The van der Waals surface area contributed by atoms with Crippen LogP contribution in [0.4, 0.5) is 4.79 Å². The molecule has 0 aromatic rings. The van der Waals surface area contributed by atoms with E-state index in [1.807, 2.05) is 0 Å². The Labute approximate surface area is 70.9 Å². The van der Waals surface area contributed by atoms with Crippen molar-refractivity contribution in [3.05, 3.63) is 0 Å². The van der Waals surface area contributed by atoms with Crippen LogP contribution in [0, 0.1) is 0 Å². The van der Waals surface area contributed by atoms with Gasteiger partial charge in [-0.2, -0.15) is 0 Å². The summed E-state index contributed by atoms with van der Waals surface area (Å²) in [5, 5.41) is 3.03. The second-order valence-corrected chi connectivity index (χ2v) is 2.86. The molecule has 0 bridgehead atoms. The third-order valence-electron chi connectivity index (χ3n) is 2.00. The summed E-state index contributed by atoms with van der Waals surface area (Å²) in [5.74, 6) is -0.0269. The number of hydrogen-bond donors (Lipinski definition) is 2. The lowest BCUT2D eigenvalue weighted by molar-refractivity contribution is -0.121. The SMILES string of the molecule is CC(=O)C1CNCCN1C(N)=O. The van der Waals surface area contributed by atoms with Gasteiger partial charge < -0.3 is 16.0 Å². The first-order valence-electron chi connectivity index (χ1n) is 3.90. The minimum Gasteiger partial charge on any atom is -0.351 e. The van der Waals surface area contributed by atoms with Gasteiger partial charge in [0.2, 0.25) is 0 Å². The largest absolute Gasteiger partial charge is 0.351 e. The molecule has 1 rings (SSSR count). The lowest BCUT2D eigenvalue weighted by Gasteiger charge is -2.33. The normalized spacial score (nSPS) is 23.8.